The molecular weight excluding hydrogens is 370 g/mol. The van der Waals surface area contributed by atoms with Crippen molar-refractivity contribution in [3.63, 3.8) is 0 Å². The molecule has 0 N–H and O–H groups in total. The van der Waals surface area contributed by atoms with Gasteiger partial charge in [-0.05, 0) is 44.6 Å². The van der Waals surface area contributed by atoms with Crippen LogP contribution in [0.1, 0.15) is 64.8 Å². The number of benzene rings is 1. The molecule has 1 saturated heterocycles. The minimum absolute atomic E-state index is 0.127. The van der Waals surface area contributed by atoms with E-state index in [2.05, 4.69) is 29.4 Å². The van der Waals surface area contributed by atoms with Gasteiger partial charge in [0.25, 0.3) is 0 Å². The topological polar surface area (TPSA) is 55.2 Å². The third-order valence-electron chi connectivity index (χ3n) is 5.50. The first-order valence-electron chi connectivity index (χ1n) is 10.2. The van der Waals surface area contributed by atoms with Crippen LogP contribution < -0.4 is 0 Å². The van der Waals surface area contributed by atoms with E-state index in [4.69, 9.17) is 0 Å². The molecule has 5 nitrogen and oxygen atoms in total. The van der Waals surface area contributed by atoms with Crippen LogP contribution in [0.2, 0.25) is 0 Å². The van der Waals surface area contributed by atoms with Crippen molar-refractivity contribution in [2.45, 2.75) is 70.2 Å². The zero-order chi connectivity index (χ0) is 20.5. The van der Waals surface area contributed by atoms with Crippen molar-refractivity contribution < 1.29 is 8.42 Å². The minimum atomic E-state index is -3.53. The summed E-state index contributed by atoms with van der Waals surface area (Å²) in [6, 6.07) is 10.6. The second kappa shape index (κ2) is 7.99. The number of hydrogen-bond acceptors (Lipinski definition) is 3. The second-order valence-corrected chi connectivity index (χ2v) is 11.1. The number of piperidine rings is 1. The van der Waals surface area contributed by atoms with Crippen molar-refractivity contribution in [1.29, 1.82) is 0 Å². The van der Waals surface area contributed by atoms with Crippen LogP contribution >= 0.6 is 0 Å². The van der Waals surface area contributed by atoms with Gasteiger partial charge >= 0.3 is 0 Å². The summed E-state index contributed by atoms with van der Waals surface area (Å²) in [5.74, 6) is 0.536. The third-order valence-corrected chi connectivity index (χ3v) is 7.40. The first-order chi connectivity index (χ1) is 13.1. The number of hydrogen-bond donors (Lipinski definition) is 0. The molecule has 1 fully saturated rings. The molecule has 0 bridgehead atoms. The van der Waals surface area contributed by atoms with E-state index < -0.39 is 10.0 Å². The Morgan fingerprint density at radius 1 is 1.11 bits per heavy atom. The van der Waals surface area contributed by atoms with E-state index in [-0.39, 0.29) is 11.5 Å². The highest BCUT2D eigenvalue weighted by Crippen LogP contribution is 2.32. The molecule has 6 heteroatoms. The van der Waals surface area contributed by atoms with Gasteiger partial charge in [-0.1, -0.05) is 51.1 Å². The van der Waals surface area contributed by atoms with Crippen molar-refractivity contribution in [3.05, 3.63) is 47.8 Å². The summed E-state index contributed by atoms with van der Waals surface area (Å²) in [7, 11) is -3.53. The maximum atomic E-state index is 13.4. The molecule has 2 heterocycles. The normalized spacial score (nSPS) is 17.4. The van der Waals surface area contributed by atoms with Gasteiger partial charge in [0.2, 0.25) is 10.0 Å². The highest BCUT2D eigenvalue weighted by atomic mass is 32.2. The molecule has 0 aliphatic carbocycles. The smallest absolute Gasteiger partial charge is 0.246 e. The Bertz CT molecular complexity index is 888. The van der Waals surface area contributed by atoms with Crippen LogP contribution in [0, 0.1) is 5.92 Å². The lowest BCUT2D eigenvalue weighted by Crippen LogP contribution is -2.39. The van der Waals surface area contributed by atoms with Crippen molar-refractivity contribution >= 4 is 10.0 Å². The molecule has 0 amide bonds. The molecule has 0 spiro atoms. The molecule has 0 radical (unpaired) electrons. The molecular formula is C22H33N3O2S. The van der Waals surface area contributed by atoms with Gasteiger partial charge in [0, 0.05) is 30.7 Å². The summed E-state index contributed by atoms with van der Waals surface area (Å²) in [6.07, 6.45) is 4.54. The zero-order valence-corrected chi connectivity index (χ0v) is 18.5. The van der Waals surface area contributed by atoms with E-state index in [9.17, 15) is 8.42 Å². The SMILES string of the molecule is CC(C)n1cc(S(=O)(=O)N2CCC(Cc3ccccc3)CC2)c(C(C)(C)C)n1. The van der Waals surface area contributed by atoms with E-state index in [1.165, 1.54) is 5.56 Å². The summed E-state index contributed by atoms with van der Waals surface area (Å²) in [6.45, 7) is 11.3. The van der Waals surface area contributed by atoms with Crippen LogP contribution in [0.15, 0.2) is 41.4 Å². The fourth-order valence-electron chi connectivity index (χ4n) is 3.79. The van der Waals surface area contributed by atoms with Crippen LogP contribution in [-0.4, -0.2) is 35.6 Å². The van der Waals surface area contributed by atoms with Crippen molar-refractivity contribution in [1.82, 2.24) is 14.1 Å². The predicted molar refractivity (Wildman–Crippen MR) is 113 cm³/mol. The van der Waals surface area contributed by atoms with Gasteiger partial charge in [-0.15, -0.1) is 0 Å². The highest BCUT2D eigenvalue weighted by Gasteiger charge is 2.36. The molecule has 1 aliphatic heterocycles. The third kappa shape index (κ3) is 4.49. The van der Waals surface area contributed by atoms with Crippen molar-refractivity contribution in [2.75, 3.05) is 13.1 Å². The Labute approximate surface area is 169 Å². The largest absolute Gasteiger partial charge is 0.269 e. The quantitative estimate of drug-likeness (QED) is 0.743. The Morgan fingerprint density at radius 2 is 1.71 bits per heavy atom. The molecule has 154 valence electrons. The lowest BCUT2D eigenvalue weighted by molar-refractivity contribution is 0.272. The van der Waals surface area contributed by atoms with Crippen molar-refractivity contribution in [2.24, 2.45) is 5.92 Å². The number of nitrogens with zero attached hydrogens (tertiary/aromatic N) is 3. The van der Waals surface area contributed by atoms with Gasteiger partial charge in [-0.3, -0.25) is 4.68 Å². The average Bonchev–Trinajstić information content (AvgIpc) is 3.10. The molecule has 1 aliphatic rings. The number of aromatic nitrogens is 2. The maximum Gasteiger partial charge on any atom is 0.246 e. The molecule has 0 unspecified atom stereocenters. The Morgan fingerprint density at radius 3 is 2.25 bits per heavy atom. The summed E-state index contributed by atoms with van der Waals surface area (Å²) < 4.78 is 30.3. The molecule has 1 aromatic heterocycles. The monoisotopic (exact) mass is 403 g/mol. The summed E-state index contributed by atoms with van der Waals surface area (Å²) in [5.41, 5.74) is 1.67. The van der Waals surface area contributed by atoms with Gasteiger partial charge in [0.15, 0.2) is 0 Å². The Hall–Kier alpha value is -1.66. The lowest BCUT2D eigenvalue weighted by atomic mass is 9.91. The van der Waals surface area contributed by atoms with Gasteiger partial charge < -0.3 is 0 Å². The lowest BCUT2D eigenvalue weighted by Gasteiger charge is -2.31. The first kappa shape index (κ1) is 21.1. The molecule has 28 heavy (non-hydrogen) atoms. The minimum Gasteiger partial charge on any atom is -0.269 e. The molecule has 2 aromatic rings. The van der Waals surface area contributed by atoms with Crippen LogP contribution in [0.25, 0.3) is 0 Å². The van der Waals surface area contributed by atoms with E-state index in [1.807, 2.05) is 40.7 Å². The van der Waals surface area contributed by atoms with E-state index >= 15 is 0 Å². The zero-order valence-electron chi connectivity index (χ0n) is 17.7. The van der Waals surface area contributed by atoms with Gasteiger partial charge in [0.1, 0.15) is 4.90 Å². The van der Waals surface area contributed by atoms with Crippen LogP contribution in [0.5, 0.6) is 0 Å². The second-order valence-electron chi connectivity index (χ2n) is 9.20. The average molecular weight is 404 g/mol. The molecule has 0 saturated carbocycles. The summed E-state index contributed by atoms with van der Waals surface area (Å²) >= 11 is 0. The van der Waals surface area contributed by atoms with E-state index in [0.29, 0.717) is 29.6 Å². The molecule has 1 aromatic carbocycles. The highest BCUT2D eigenvalue weighted by molar-refractivity contribution is 7.89. The molecule has 3 rings (SSSR count). The number of sulfonamides is 1. The Kier molecular flexibility index (Phi) is 6.01. The first-order valence-corrected chi connectivity index (χ1v) is 11.7. The fraction of sp³-hybridized carbons (Fsp3) is 0.591. The van der Waals surface area contributed by atoms with Gasteiger partial charge in [0.05, 0.1) is 5.69 Å². The predicted octanol–water partition coefficient (Wildman–Crippen LogP) is 4.40. The fourth-order valence-corrected chi connectivity index (χ4v) is 5.59. The van der Waals surface area contributed by atoms with Gasteiger partial charge in [-0.2, -0.15) is 9.40 Å². The van der Waals surface area contributed by atoms with E-state index in [1.54, 1.807) is 15.2 Å². The molecule has 0 atom stereocenters. The standard InChI is InChI=1S/C22H33N3O2S/c1-17(2)25-16-20(21(23-25)22(3,4)5)28(26,27)24-13-11-19(12-14-24)15-18-9-7-6-8-10-18/h6-10,16-17,19H,11-15H2,1-5H3. The Balaban J connectivity index is 1.77. The summed E-state index contributed by atoms with van der Waals surface area (Å²) in [5, 5.41) is 4.62. The van der Waals surface area contributed by atoms with Gasteiger partial charge in [-0.25, -0.2) is 8.42 Å². The van der Waals surface area contributed by atoms with Crippen LogP contribution in [0.3, 0.4) is 0 Å². The van der Waals surface area contributed by atoms with Crippen molar-refractivity contribution in [3.8, 4) is 0 Å². The summed E-state index contributed by atoms with van der Waals surface area (Å²) in [4.78, 5) is 0.371. The van der Waals surface area contributed by atoms with Crippen LogP contribution in [0.4, 0.5) is 0 Å². The number of rotatable bonds is 5. The van der Waals surface area contributed by atoms with E-state index in [0.717, 1.165) is 19.3 Å². The van der Waals surface area contributed by atoms with Crippen LogP contribution in [-0.2, 0) is 21.9 Å². The maximum absolute atomic E-state index is 13.4.